The smallest absolute Gasteiger partial charge is 0.104 e. The second kappa shape index (κ2) is 11.1. The average molecular weight is 339 g/mol. The van der Waals surface area contributed by atoms with Crippen molar-refractivity contribution >= 4 is 0 Å². The van der Waals surface area contributed by atoms with Crippen LogP contribution in [-0.4, -0.2) is 31.5 Å². The second-order valence-electron chi connectivity index (χ2n) is 7.62. The van der Waals surface area contributed by atoms with Gasteiger partial charge < -0.3 is 14.2 Å². The zero-order chi connectivity index (χ0) is 17.1. The van der Waals surface area contributed by atoms with Crippen LogP contribution in [0.2, 0.25) is 0 Å². The number of ether oxygens (including phenoxy) is 3. The predicted octanol–water partition coefficient (Wildman–Crippen LogP) is 5.63. The minimum atomic E-state index is 0.0791. The summed E-state index contributed by atoms with van der Waals surface area (Å²) in [7, 11) is 0. The summed E-state index contributed by atoms with van der Waals surface area (Å²) in [4.78, 5) is 0. The fraction of sp³-hybridized carbons (Fsp3) is 0.905. The van der Waals surface area contributed by atoms with E-state index in [1.807, 2.05) is 0 Å². The number of hydrogen-bond donors (Lipinski definition) is 0. The molecule has 1 saturated heterocycles. The summed E-state index contributed by atoms with van der Waals surface area (Å²) in [6, 6.07) is 0. The Balaban J connectivity index is 1.95. The van der Waals surface area contributed by atoms with Gasteiger partial charge in [-0.15, -0.1) is 0 Å². The minimum absolute atomic E-state index is 0.0791. The summed E-state index contributed by atoms with van der Waals surface area (Å²) in [5, 5.41) is 0. The lowest BCUT2D eigenvalue weighted by atomic mass is 9.72. The Kier molecular flexibility index (Phi) is 9.19. The quantitative estimate of drug-likeness (QED) is 0.233. The first-order valence-corrected chi connectivity index (χ1v) is 10.3. The largest absolute Gasteiger partial charge is 0.502 e. The molecule has 0 N–H and O–H groups in total. The molecule has 3 nitrogen and oxygen atoms in total. The standard InChI is InChI=1S/C21H38O3/c1-3-5-9-14-21(24-18-20-17-23-20,15-10-11-16-22-4-2)19-12-7-6-8-13-19/h4,19-20H,2-3,5-18H2,1H3. The molecule has 2 atom stereocenters. The number of rotatable bonds is 14. The van der Waals surface area contributed by atoms with Gasteiger partial charge >= 0.3 is 0 Å². The van der Waals surface area contributed by atoms with Gasteiger partial charge in [-0.1, -0.05) is 52.0 Å². The predicted molar refractivity (Wildman–Crippen MR) is 99.1 cm³/mol. The van der Waals surface area contributed by atoms with Crippen molar-refractivity contribution < 1.29 is 14.2 Å². The molecule has 2 aliphatic rings. The van der Waals surface area contributed by atoms with E-state index in [9.17, 15) is 0 Å². The summed E-state index contributed by atoms with van der Waals surface area (Å²) in [5.74, 6) is 0.738. The number of hydrogen-bond acceptors (Lipinski definition) is 3. The van der Waals surface area contributed by atoms with Gasteiger partial charge in [0.1, 0.15) is 6.10 Å². The van der Waals surface area contributed by atoms with E-state index in [4.69, 9.17) is 14.2 Å². The van der Waals surface area contributed by atoms with Gasteiger partial charge in [0.25, 0.3) is 0 Å². The fourth-order valence-corrected chi connectivity index (χ4v) is 4.21. The van der Waals surface area contributed by atoms with Gasteiger partial charge in [0.2, 0.25) is 0 Å². The molecule has 1 aliphatic heterocycles. The highest BCUT2D eigenvalue weighted by atomic mass is 16.6. The molecule has 2 fully saturated rings. The van der Waals surface area contributed by atoms with Crippen LogP contribution in [0.5, 0.6) is 0 Å². The zero-order valence-electron chi connectivity index (χ0n) is 15.8. The van der Waals surface area contributed by atoms with E-state index in [0.29, 0.717) is 6.10 Å². The van der Waals surface area contributed by atoms with Crippen molar-refractivity contribution in [2.75, 3.05) is 19.8 Å². The summed E-state index contributed by atoms with van der Waals surface area (Å²) in [6.07, 6.45) is 17.3. The molecular weight excluding hydrogens is 300 g/mol. The van der Waals surface area contributed by atoms with Crippen molar-refractivity contribution in [3.05, 3.63) is 12.8 Å². The maximum absolute atomic E-state index is 6.66. The highest BCUT2D eigenvalue weighted by Crippen LogP contribution is 2.42. The SMILES string of the molecule is C=COCCCCC(CCCCC)(OCC1CO1)C1CCCCC1. The first kappa shape index (κ1) is 19.8. The Bertz CT molecular complexity index is 334. The number of epoxide rings is 1. The lowest BCUT2D eigenvalue weighted by Gasteiger charge is -2.43. The average Bonchev–Trinajstić information content (AvgIpc) is 3.44. The van der Waals surface area contributed by atoms with E-state index in [1.54, 1.807) is 6.26 Å². The summed E-state index contributed by atoms with van der Waals surface area (Å²) < 4.78 is 17.4. The van der Waals surface area contributed by atoms with Gasteiger partial charge in [0, 0.05) is 0 Å². The molecule has 0 spiro atoms. The van der Waals surface area contributed by atoms with Gasteiger partial charge in [-0.25, -0.2) is 0 Å². The van der Waals surface area contributed by atoms with Crippen molar-refractivity contribution in [1.29, 1.82) is 0 Å². The maximum Gasteiger partial charge on any atom is 0.104 e. The van der Waals surface area contributed by atoms with Crippen LogP contribution in [0, 0.1) is 5.92 Å². The fourth-order valence-electron chi connectivity index (χ4n) is 4.21. The third-order valence-corrected chi connectivity index (χ3v) is 5.74. The van der Waals surface area contributed by atoms with Gasteiger partial charge in [0.15, 0.2) is 0 Å². The van der Waals surface area contributed by atoms with E-state index in [0.717, 1.165) is 32.2 Å². The van der Waals surface area contributed by atoms with Gasteiger partial charge in [0.05, 0.1) is 31.7 Å². The van der Waals surface area contributed by atoms with E-state index >= 15 is 0 Å². The lowest BCUT2D eigenvalue weighted by Crippen LogP contribution is -2.43. The molecule has 0 radical (unpaired) electrons. The van der Waals surface area contributed by atoms with Crippen LogP contribution in [0.25, 0.3) is 0 Å². The van der Waals surface area contributed by atoms with E-state index in [-0.39, 0.29) is 5.60 Å². The molecule has 140 valence electrons. The van der Waals surface area contributed by atoms with Crippen molar-refractivity contribution in [3.8, 4) is 0 Å². The van der Waals surface area contributed by atoms with Gasteiger partial charge in [-0.2, -0.15) is 0 Å². The van der Waals surface area contributed by atoms with E-state index in [2.05, 4.69) is 13.5 Å². The molecule has 0 aromatic rings. The van der Waals surface area contributed by atoms with Crippen molar-refractivity contribution in [3.63, 3.8) is 0 Å². The molecule has 0 aromatic carbocycles. The highest BCUT2D eigenvalue weighted by Gasteiger charge is 2.40. The molecule has 24 heavy (non-hydrogen) atoms. The van der Waals surface area contributed by atoms with Crippen molar-refractivity contribution in [1.82, 2.24) is 0 Å². The topological polar surface area (TPSA) is 31.0 Å². The molecular formula is C21H38O3. The molecule has 2 rings (SSSR count). The Morgan fingerprint density at radius 3 is 2.42 bits per heavy atom. The Labute approximate surface area is 149 Å². The van der Waals surface area contributed by atoms with E-state index < -0.39 is 0 Å². The lowest BCUT2D eigenvalue weighted by molar-refractivity contribution is -0.114. The van der Waals surface area contributed by atoms with Crippen LogP contribution in [-0.2, 0) is 14.2 Å². The Morgan fingerprint density at radius 1 is 1.08 bits per heavy atom. The first-order chi connectivity index (χ1) is 11.8. The molecule has 0 amide bonds. The van der Waals surface area contributed by atoms with Crippen LogP contribution < -0.4 is 0 Å². The van der Waals surface area contributed by atoms with Crippen LogP contribution in [0.1, 0.15) is 84.0 Å². The molecule has 1 heterocycles. The molecule has 2 unspecified atom stereocenters. The normalized spacial score (nSPS) is 23.6. The summed E-state index contributed by atoms with van der Waals surface area (Å²) >= 11 is 0. The van der Waals surface area contributed by atoms with Gasteiger partial charge in [-0.05, 0) is 44.4 Å². The first-order valence-electron chi connectivity index (χ1n) is 10.3. The van der Waals surface area contributed by atoms with Crippen LogP contribution >= 0.6 is 0 Å². The van der Waals surface area contributed by atoms with Crippen LogP contribution in [0.15, 0.2) is 12.8 Å². The monoisotopic (exact) mass is 338 g/mol. The van der Waals surface area contributed by atoms with Gasteiger partial charge in [-0.3, -0.25) is 0 Å². The van der Waals surface area contributed by atoms with Crippen LogP contribution in [0.3, 0.4) is 0 Å². The Morgan fingerprint density at radius 2 is 1.79 bits per heavy atom. The Hall–Kier alpha value is -0.540. The third kappa shape index (κ3) is 6.76. The second-order valence-corrected chi connectivity index (χ2v) is 7.62. The molecule has 0 bridgehead atoms. The summed E-state index contributed by atoms with van der Waals surface area (Å²) in [5.41, 5.74) is 0.0791. The maximum atomic E-state index is 6.66. The third-order valence-electron chi connectivity index (χ3n) is 5.74. The van der Waals surface area contributed by atoms with Crippen LogP contribution in [0.4, 0.5) is 0 Å². The van der Waals surface area contributed by atoms with Crippen molar-refractivity contribution in [2.24, 2.45) is 5.92 Å². The van der Waals surface area contributed by atoms with Crippen molar-refractivity contribution in [2.45, 2.75) is 95.7 Å². The summed E-state index contributed by atoms with van der Waals surface area (Å²) in [6.45, 7) is 8.38. The molecule has 1 aliphatic carbocycles. The zero-order valence-corrected chi connectivity index (χ0v) is 15.8. The highest BCUT2D eigenvalue weighted by molar-refractivity contribution is 4.91. The number of unbranched alkanes of at least 4 members (excludes halogenated alkanes) is 3. The molecule has 0 aromatic heterocycles. The van der Waals surface area contributed by atoms with E-state index in [1.165, 1.54) is 70.6 Å². The molecule has 3 heteroatoms. The molecule has 1 saturated carbocycles. The minimum Gasteiger partial charge on any atom is -0.502 e.